The molecule has 1 aromatic carbocycles. The van der Waals surface area contributed by atoms with Crippen LogP contribution in [0.1, 0.15) is 23.2 Å². The highest BCUT2D eigenvalue weighted by molar-refractivity contribution is 6.03. The number of methoxy groups -OCH3 is 1. The van der Waals surface area contributed by atoms with Crippen LogP contribution in [0.2, 0.25) is 0 Å². The number of carbonyl (C=O) groups excluding carboxylic acids is 2. The maximum atomic E-state index is 14.1. The number of hydrogen-bond donors (Lipinski definition) is 2. The van der Waals surface area contributed by atoms with Gasteiger partial charge in [-0.1, -0.05) is 0 Å². The average Bonchev–Trinajstić information content (AvgIpc) is 3.17. The van der Waals surface area contributed by atoms with Crippen molar-refractivity contribution in [2.24, 2.45) is 10.2 Å². The van der Waals surface area contributed by atoms with Gasteiger partial charge in [-0.2, -0.15) is 10.2 Å². The minimum Gasteiger partial charge on any atom is -0.465 e. The molecule has 0 aliphatic carbocycles. The third-order valence-electron chi connectivity index (χ3n) is 4.36. The summed E-state index contributed by atoms with van der Waals surface area (Å²) >= 11 is 0. The SMILES string of the molecule is COC(=O)c1cc(F)cc(F)c1NC(=O)C1CCC(N2CCNC2)N=N1. The lowest BCUT2D eigenvalue weighted by atomic mass is 10.1. The van der Waals surface area contributed by atoms with Crippen LogP contribution in [0.15, 0.2) is 22.4 Å². The molecule has 1 amide bonds. The van der Waals surface area contributed by atoms with Gasteiger partial charge in [0.05, 0.1) is 25.0 Å². The normalized spacial score (nSPS) is 23.0. The number of esters is 1. The fourth-order valence-corrected chi connectivity index (χ4v) is 2.98. The van der Waals surface area contributed by atoms with Crippen molar-refractivity contribution in [2.45, 2.75) is 25.0 Å². The number of carbonyl (C=O) groups is 2. The van der Waals surface area contributed by atoms with Gasteiger partial charge in [0, 0.05) is 19.2 Å². The summed E-state index contributed by atoms with van der Waals surface area (Å²) in [7, 11) is 1.08. The van der Waals surface area contributed by atoms with E-state index in [-0.39, 0.29) is 6.17 Å². The molecule has 0 bridgehead atoms. The first-order valence-corrected chi connectivity index (χ1v) is 8.22. The van der Waals surface area contributed by atoms with Crippen molar-refractivity contribution in [1.82, 2.24) is 10.2 Å². The molecule has 10 heteroatoms. The first-order valence-electron chi connectivity index (χ1n) is 8.22. The Morgan fingerprint density at radius 2 is 2.12 bits per heavy atom. The Balaban J connectivity index is 1.72. The quantitative estimate of drug-likeness (QED) is 0.787. The smallest absolute Gasteiger partial charge is 0.340 e. The monoisotopic (exact) mass is 367 g/mol. The largest absolute Gasteiger partial charge is 0.465 e. The van der Waals surface area contributed by atoms with Gasteiger partial charge in [-0.3, -0.25) is 9.69 Å². The predicted molar refractivity (Wildman–Crippen MR) is 87.6 cm³/mol. The van der Waals surface area contributed by atoms with Crippen molar-refractivity contribution < 1.29 is 23.1 Å². The van der Waals surface area contributed by atoms with Gasteiger partial charge in [-0.25, -0.2) is 13.6 Å². The Labute approximate surface area is 148 Å². The molecule has 1 aromatic rings. The summed E-state index contributed by atoms with van der Waals surface area (Å²) in [4.78, 5) is 26.2. The number of nitrogens with one attached hydrogen (secondary N) is 2. The summed E-state index contributed by atoms with van der Waals surface area (Å²) in [6, 6.07) is 0.598. The predicted octanol–water partition coefficient (Wildman–Crippen LogP) is 1.49. The van der Waals surface area contributed by atoms with E-state index < -0.39 is 40.8 Å². The van der Waals surface area contributed by atoms with Crippen molar-refractivity contribution in [3.8, 4) is 0 Å². The van der Waals surface area contributed by atoms with Crippen LogP contribution >= 0.6 is 0 Å². The van der Waals surface area contributed by atoms with Crippen molar-refractivity contribution in [3.05, 3.63) is 29.3 Å². The van der Waals surface area contributed by atoms with Gasteiger partial charge < -0.3 is 15.4 Å². The van der Waals surface area contributed by atoms with E-state index in [1.807, 2.05) is 0 Å². The average molecular weight is 367 g/mol. The van der Waals surface area contributed by atoms with Crippen LogP contribution in [0, 0.1) is 11.6 Å². The van der Waals surface area contributed by atoms with Gasteiger partial charge >= 0.3 is 5.97 Å². The van der Waals surface area contributed by atoms with Crippen LogP contribution in [0.4, 0.5) is 14.5 Å². The number of nitrogens with zero attached hydrogens (tertiary/aromatic N) is 3. The van der Waals surface area contributed by atoms with Crippen molar-refractivity contribution in [1.29, 1.82) is 0 Å². The van der Waals surface area contributed by atoms with Crippen LogP contribution in [0.25, 0.3) is 0 Å². The second kappa shape index (κ2) is 7.83. The molecule has 0 radical (unpaired) electrons. The number of anilines is 1. The Morgan fingerprint density at radius 1 is 1.31 bits per heavy atom. The van der Waals surface area contributed by atoms with E-state index in [4.69, 9.17) is 0 Å². The fourth-order valence-electron chi connectivity index (χ4n) is 2.98. The van der Waals surface area contributed by atoms with Gasteiger partial charge in [0.15, 0.2) is 5.82 Å². The summed E-state index contributed by atoms with van der Waals surface area (Å²) in [5.41, 5.74) is -0.823. The lowest BCUT2D eigenvalue weighted by molar-refractivity contribution is -0.118. The number of benzene rings is 1. The summed E-state index contributed by atoms with van der Waals surface area (Å²) in [5.74, 6) is -3.57. The van der Waals surface area contributed by atoms with Crippen LogP contribution in [0.3, 0.4) is 0 Å². The first-order chi connectivity index (χ1) is 12.5. The molecule has 1 fully saturated rings. The Bertz CT molecular complexity index is 737. The number of rotatable bonds is 4. The molecule has 2 N–H and O–H groups in total. The molecule has 0 aromatic heterocycles. The Kier molecular flexibility index (Phi) is 5.52. The third-order valence-corrected chi connectivity index (χ3v) is 4.36. The molecule has 8 nitrogen and oxygen atoms in total. The van der Waals surface area contributed by atoms with Crippen LogP contribution in [0.5, 0.6) is 0 Å². The highest BCUT2D eigenvalue weighted by Crippen LogP contribution is 2.25. The van der Waals surface area contributed by atoms with E-state index in [9.17, 15) is 18.4 Å². The summed E-state index contributed by atoms with van der Waals surface area (Å²) < 4.78 is 32.0. The molecular formula is C16H19F2N5O3. The van der Waals surface area contributed by atoms with Crippen LogP contribution in [-0.2, 0) is 9.53 Å². The standard InChI is InChI=1S/C16H19F2N5O3/c1-26-16(25)10-6-9(17)7-11(18)14(10)20-15(24)12-2-3-13(22-21-12)23-5-4-19-8-23/h6-7,12-13,19H,2-5,8H2,1H3,(H,20,24). The van der Waals surface area contributed by atoms with Gasteiger partial charge in [0.25, 0.3) is 5.91 Å². The minimum atomic E-state index is -1.06. The fraction of sp³-hybridized carbons (Fsp3) is 0.500. The van der Waals surface area contributed by atoms with E-state index in [1.54, 1.807) is 0 Å². The van der Waals surface area contributed by atoms with Crippen molar-refractivity contribution in [2.75, 3.05) is 32.2 Å². The zero-order chi connectivity index (χ0) is 18.7. The van der Waals surface area contributed by atoms with Gasteiger partial charge in [-0.05, 0) is 18.9 Å². The van der Waals surface area contributed by atoms with E-state index in [0.717, 1.165) is 32.9 Å². The lowest BCUT2D eigenvalue weighted by Gasteiger charge is -2.27. The van der Waals surface area contributed by atoms with E-state index in [0.29, 0.717) is 18.9 Å². The number of amides is 1. The summed E-state index contributed by atoms with van der Waals surface area (Å²) in [6.07, 6.45) is 0.994. The van der Waals surface area contributed by atoms with Gasteiger partial charge in [0.1, 0.15) is 18.0 Å². The molecule has 3 rings (SSSR count). The van der Waals surface area contributed by atoms with Gasteiger partial charge in [0.2, 0.25) is 0 Å². The van der Waals surface area contributed by atoms with Crippen molar-refractivity contribution >= 4 is 17.6 Å². The second-order valence-electron chi connectivity index (χ2n) is 6.07. The zero-order valence-corrected chi connectivity index (χ0v) is 14.2. The Morgan fingerprint density at radius 3 is 2.73 bits per heavy atom. The minimum absolute atomic E-state index is 0.0813. The van der Waals surface area contributed by atoms with Crippen molar-refractivity contribution in [3.63, 3.8) is 0 Å². The van der Waals surface area contributed by atoms with Crippen LogP contribution in [-0.4, -0.2) is 55.9 Å². The molecular weight excluding hydrogens is 348 g/mol. The van der Waals surface area contributed by atoms with E-state index in [2.05, 4.69) is 30.5 Å². The molecule has 0 spiro atoms. The third kappa shape index (κ3) is 3.86. The maximum absolute atomic E-state index is 14.1. The number of azo groups is 1. The van der Waals surface area contributed by atoms with E-state index in [1.165, 1.54) is 0 Å². The van der Waals surface area contributed by atoms with Crippen LogP contribution < -0.4 is 10.6 Å². The molecule has 2 aliphatic heterocycles. The molecule has 26 heavy (non-hydrogen) atoms. The highest BCUT2D eigenvalue weighted by atomic mass is 19.1. The summed E-state index contributed by atoms with van der Waals surface area (Å²) in [5, 5.41) is 13.7. The zero-order valence-electron chi connectivity index (χ0n) is 14.2. The molecule has 2 unspecified atom stereocenters. The second-order valence-corrected chi connectivity index (χ2v) is 6.07. The highest BCUT2D eigenvalue weighted by Gasteiger charge is 2.30. The first kappa shape index (κ1) is 18.3. The maximum Gasteiger partial charge on any atom is 0.340 e. The molecule has 1 saturated heterocycles. The molecule has 2 heterocycles. The Hall–Kier alpha value is -2.46. The molecule has 140 valence electrons. The molecule has 0 saturated carbocycles. The number of ether oxygens (including phenoxy) is 1. The summed E-state index contributed by atoms with van der Waals surface area (Å²) in [6.45, 7) is 2.48. The van der Waals surface area contributed by atoms with E-state index >= 15 is 0 Å². The lowest BCUT2D eigenvalue weighted by Crippen LogP contribution is -2.38. The number of hydrogen-bond acceptors (Lipinski definition) is 7. The van der Waals surface area contributed by atoms with Gasteiger partial charge in [-0.15, -0.1) is 0 Å². The topological polar surface area (TPSA) is 95.4 Å². The molecule has 2 atom stereocenters. The molecule has 2 aliphatic rings. The number of halogens is 2.